The lowest BCUT2D eigenvalue weighted by Crippen LogP contribution is -2.34. The first-order valence-electron chi connectivity index (χ1n) is 8.96. The van der Waals surface area contributed by atoms with Crippen molar-refractivity contribution in [1.82, 2.24) is 0 Å². The number of amidine groups is 1. The van der Waals surface area contributed by atoms with Gasteiger partial charge in [0.1, 0.15) is 16.5 Å². The highest BCUT2D eigenvalue weighted by Gasteiger charge is 2.29. The zero-order valence-corrected chi connectivity index (χ0v) is 17.1. The monoisotopic (exact) mass is 401 g/mol. The summed E-state index contributed by atoms with van der Waals surface area (Å²) in [6.07, 6.45) is 0.835. The van der Waals surface area contributed by atoms with Crippen LogP contribution in [-0.2, 0) is 10.0 Å². The summed E-state index contributed by atoms with van der Waals surface area (Å²) in [6.45, 7) is 6.22. The van der Waals surface area contributed by atoms with Gasteiger partial charge in [-0.15, -0.1) is 4.40 Å². The highest BCUT2D eigenvalue weighted by atomic mass is 32.2. The molecule has 1 heterocycles. The Morgan fingerprint density at radius 1 is 1.18 bits per heavy atom. The average Bonchev–Trinajstić information content (AvgIpc) is 2.64. The number of hydrogen-bond donors (Lipinski definition) is 1. The molecule has 0 spiro atoms. The predicted molar refractivity (Wildman–Crippen MR) is 110 cm³/mol. The fourth-order valence-electron chi connectivity index (χ4n) is 3.15. The quantitative estimate of drug-likeness (QED) is 0.827. The van der Waals surface area contributed by atoms with Crippen LogP contribution in [0.5, 0.6) is 5.75 Å². The average molecular weight is 401 g/mol. The molecule has 1 aliphatic heterocycles. The maximum atomic E-state index is 12.8. The van der Waals surface area contributed by atoms with E-state index in [2.05, 4.69) is 9.71 Å². The lowest BCUT2D eigenvalue weighted by atomic mass is 10.1. The second kappa shape index (κ2) is 7.63. The van der Waals surface area contributed by atoms with Gasteiger partial charge in [-0.3, -0.25) is 4.79 Å². The summed E-state index contributed by atoms with van der Waals surface area (Å²) in [5, 5.41) is 2.79. The first-order valence-corrected chi connectivity index (χ1v) is 10.4. The van der Waals surface area contributed by atoms with Crippen LogP contribution in [0.1, 0.15) is 36.2 Å². The van der Waals surface area contributed by atoms with E-state index in [0.717, 1.165) is 12.0 Å². The van der Waals surface area contributed by atoms with Crippen LogP contribution in [0.4, 0.5) is 11.4 Å². The van der Waals surface area contributed by atoms with E-state index in [0.29, 0.717) is 29.5 Å². The summed E-state index contributed by atoms with van der Waals surface area (Å²) in [5.74, 6) is 0.533. The fourth-order valence-corrected chi connectivity index (χ4v) is 4.41. The summed E-state index contributed by atoms with van der Waals surface area (Å²) in [7, 11) is -2.33. The third kappa shape index (κ3) is 3.73. The Hall–Kier alpha value is -2.87. The number of aryl methyl sites for hydroxylation is 1. The Kier molecular flexibility index (Phi) is 5.42. The van der Waals surface area contributed by atoms with Gasteiger partial charge in [0.2, 0.25) is 0 Å². The van der Waals surface area contributed by atoms with E-state index in [9.17, 15) is 13.2 Å². The molecule has 0 radical (unpaired) electrons. The molecular weight excluding hydrogens is 378 g/mol. The van der Waals surface area contributed by atoms with Crippen molar-refractivity contribution in [2.75, 3.05) is 23.9 Å². The molecule has 2 aromatic rings. The van der Waals surface area contributed by atoms with Crippen molar-refractivity contribution in [2.24, 2.45) is 4.40 Å². The van der Waals surface area contributed by atoms with Crippen LogP contribution in [0.2, 0.25) is 0 Å². The van der Waals surface area contributed by atoms with E-state index in [1.54, 1.807) is 31.2 Å². The third-order valence-electron chi connectivity index (χ3n) is 4.48. The Balaban J connectivity index is 1.98. The predicted octanol–water partition coefficient (Wildman–Crippen LogP) is 3.59. The van der Waals surface area contributed by atoms with Gasteiger partial charge in [-0.1, -0.05) is 13.0 Å². The number of carbonyl (C=O) groups is 1. The van der Waals surface area contributed by atoms with Crippen molar-refractivity contribution < 1.29 is 17.9 Å². The first-order chi connectivity index (χ1) is 13.3. The smallest absolute Gasteiger partial charge is 0.286 e. The molecule has 1 amide bonds. The van der Waals surface area contributed by atoms with Crippen LogP contribution in [0.15, 0.2) is 45.7 Å². The Bertz CT molecular complexity index is 1060. The standard InChI is InChI=1S/C20H23N3O4S/c1-5-10-23-14(3)22-28(25,26)19-12-15(7-8-17(19)23)20(24)21-16-11-13(2)6-9-18(16)27-4/h6-9,11-12H,5,10H2,1-4H3,(H,21,24). The van der Waals surface area contributed by atoms with Crippen molar-refractivity contribution in [3.05, 3.63) is 47.5 Å². The number of rotatable bonds is 5. The van der Waals surface area contributed by atoms with E-state index in [1.807, 2.05) is 24.8 Å². The van der Waals surface area contributed by atoms with Crippen molar-refractivity contribution >= 4 is 33.1 Å². The molecule has 7 nitrogen and oxygen atoms in total. The number of benzene rings is 2. The first kappa shape index (κ1) is 19.9. The molecule has 2 aromatic carbocycles. The van der Waals surface area contributed by atoms with Gasteiger partial charge in [0.05, 0.1) is 18.5 Å². The molecule has 0 saturated heterocycles. The highest BCUT2D eigenvalue weighted by molar-refractivity contribution is 7.90. The summed E-state index contributed by atoms with van der Waals surface area (Å²) in [4.78, 5) is 14.6. The molecule has 8 heteroatoms. The van der Waals surface area contributed by atoms with Crippen LogP contribution in [0, 0.1) is 6.92 Å². The number of carbonyl (C=O) groups excluding carboxylic acids is 1. The summed E-state index contributed by atoms with van der Waals surface area (Å²) < 4.78 is 34.2. The molecule has 0 saturated carbocycles. The molecule has 1 N–H and O–H groups in total. The molecule has 0 aliphatic carbocycles. The van der Waals surface area contributed by atoms with Crippen LogP contribution in [0.25, 0.3) is 0 Å². The lowest BCUT2D eigenvalue weighted by Gasteiger charge is -2.29. The van der Waals surface area contributed by atoms with E-state index < -0.39 is 15.9 Å². The summed E-state index contributed by atoms with van der Waals surface area (Å²) >= 11 is 0. The Morgan fingerprint density at radius 3 is 2.61 bits per heavy atom. The van der Waals surface area contributed by atoms with Crippen molar-refractivity contribution in [2.45, 2.75) is 32.1 Å². The molecule has 28 heavy (non-hydrogen) atoms. The number of methoxy groups -OCH3 is 1. The second-order valence-electron chi connectivity index (χ2n) is 6.61. The van der Waals surface area contributed by atoms with Crippen LogP contribution in [0.3, 0.4) is 0 Å². The lowest BCUT2D eigenvalue weighted by molar-refractivity contribution is 0.102. The number of hydrogen-bond acceptors (Lipinski definition) is 5. The number of nitrogens with zero attached hydrogens (tertiary/aromatic N) is 2. The normalized spacial score (nSPS) is 14.9. The number of ether oxygens (including phenoxy) is 1. The van der Waals surface area contributed by atoms with Gasteiger partial charge in [0.25, 0.3) is 15.9 Å². The van der Waals surface area contributed by atoms with Gasteiger partial charge in [0, 0.05) is 12.1 Å². The minimum atomic E-state index is -3.85. The molecule has 0 fully saturated rings. The zero-order chi connectivity index (χ0) is 20.5. The molecule has 1 aliphatic rings. The zero-order valence-electron chi connectivity index (χ0n) is 16.3. The van der Waals surface area contributed by atoms with Crippen molar-refractivity contribution in [3.63, 3.8) is 0 Å². The van der Waals surface area contributed by atoms with Gasteiger partial charge in [-0.2, -0.15) is 8.42 Å². The molecular formula is C20H23N3O4S. The van der Waals surface area contributed by atoms with Crippen molar-refractivity contribution in [1.29, 1.82) is 0 Å². The molecule has 0 atom stereocenters. The summed E-state index contributed by atoms with van der Waals surface area (Å²) in [5.41, 5.74) is 2.26. The highest BCUT2D eigenvalue weighted by Crippen LogP contribution is 2.33. The van der Waals surface area contributed by atoms with Crippen LogP contribution in [-0.4, -0.2) is 33.8 Å². The van der Waals surface area contributed by atoms with E-state index in [4.69, 9.17) is 4.74 Å². The minimum absolute atomic E-state index is 0.0374. The maximum Gasteiger partial charge on any atom is 0.286 e. The topological polar surface area (TPSA) is 88.1 Å². The molecule has 3 rings (SSSR count). The van der Waals surface area contributed by atoms with Gasteiger partial charge >= 0.3 is 0 Å². The number of anilines is 2. The van der Waals surface area contributed by atoms with Crippen LogP contribution < -0.4 is 15.0 Å². The number of amides is 1. The van der Waals surface area contributed by atoms with Crippen molar-refractivity contribution in [3.8, 4) is 5.75 Å². The maximum absolute atomic E-state index is 12.8. The number of fused-ring (bicyclic) bond motifs is 1. The molecule has 0 aromatic heterocycles. The van der Waals surface area contributed by atoms with Gasteiger partial charge < -0.3 is 15.0 Å². The fraction of sp³-hybridized carbons (Fsp3) is 0.300. The minimum Gasteiger partial charge on any atom is -0.495 e. The third-order valence-corrected chi connectivity index (χ3v) is 5.87. The Morgan fingerprint density at radius 2 is 1.93 bits per heavy atom. The largest absolute Gasteiger partial charge is 0.495 e. The van der Waals surface area contributed by atoms with E-state index in [1.165, 1.54) is 13.2 Å². The second-order valence-corrected chi connectivity index (χ2v) is 8.18. The summed E-state index contributed by atoms with van der Waals surface area (Å²) in [6, 6.07) is 10.1. The number of nitrogens with one attached hydrogen (secondary N) is 1. The number of sulfonamides is 1. The SMILES string of the molecule is CCCN1C(C)=NS(=O)(=O)c2cc(C(=O)Nc3cc(C)ccc3OC)ccc21. The van der Waals surface area contributed by atoms with Gasteiger partial charge in [0.15, 0.2) is 0 Å². The molecule has 0 unspecified atom stereocenters. The van der Waals surface area contributed by atoms with Crippen LogP contribution >= 0.6 is 0 Å². The van der Waals surface area contributed by atoms with E-state index >= 15 is 0 Å². The molecule has 0 bridgehead atoms. The van der Waals surface area contributed by atoms with Gasteiger partial charge in [-0.05, 0) is 56.2 Å². The molecule has 148 valence electrons. The van der Waals surface area contributed by atoms with Gasteiger partial charge in [-0.25, -0.2) is 0 Å². The van der Waals surface area contributed by atoms with E-state index in [-0.39, 0.29) is 10.5 Å². The Labute approximate surface area is 165 Å².